The van der Waals surface area contributed by atoms with Gasteiger partial charge in [0.1, 0.15) is 12.9 Å². The van der Waals surface area contributed by atoms with E-state index in [1.54, 1.807) is 6.33 Å². The highest BCUT2D eigenvalue weighted by molar-refractivity contribution is 4.81. The third-order valence-electron chi connectivity index (χ3n) is 2.21. The molecular weight excluding hydrogens is 204 g/mol. The monoisotopic (exact) mass is 226 g/mol. The second-order valence-corrected chi connectivity index (χ2v) is 3.70. The van der Waals surface area contributed by atoms with Crippen molar-refractivity contribution in [1.29, 1.82) is 0 Å². The Morgan fingerprint density at radius 1 is 1.31 bits per heavy atom. The average Bonchev–Trinajstić information content (AvgIpc) is 2.72. The van der Waals surface area contributed by atoms with Crippen LogP contribution in [0.5, 0.6) is 0 Å². The smallest absolute Gasteiger partial charge is 0.152 e. The molecule has 0 aliphatic heterocycles. The zero-order chi connectivity index (χ0) is 11.6. The summed E-state index contributed by atoms with van der Waals surface area (Å²) in [4.78, 5) is 4.18. The molecule has 0 unspecified atom stereocenters. The van der Waals surface area contributed by atoms with Crippen molar-refractivity contribution in [1.82, 2.24) is 20.1 Å². The molecule has 0 fully saturated rings. The summed E-state index contributed by atoms with van der Waals surface area (Å²) in [7, 11) is 0. The number of nitrogens with zero attached hydrogens (tertiary/aromatic N) is 3. The Bertz CT molecular complexity index is 275. The zero-order valence-corrected chi connectivity index (χ0v) is 10.3. The van der Waals surface area contributed by atoms with Crippen LogP contribution < -0.4 is 5.32 Å². The predicted molar refractivity (Wildman–Crippen MR) is 63.1 cm³/mol. The summed E-state index contributed by atoms with van der Waals surface area (Å²) in [5.74, 6) is 0.914. The van der Waals surface area contributed by atoms with Crippen LogP contribution in [0.1, 0.15) is 32.5 Å². The van der Waals surface area contributed by atoms with Gasteiger partial charge in [0.25, 0.3) is 0 Å². The van der Waals surface area contributed by atoms with Gasteiger partial charge >= 0.3 is 0 Å². The molecule has 0 spiro atoms. The van der Waals surface area contributed by atoms with Crippen molar-refractivity contribution >= 4 is 0 Å². The summed E-state index contributed by atoms with van der Waals surface area (Å²) < 4.78 is 7.43. The second-order valence-electron chi connectivity index (χ2n) is 3.70. The van der Waals surface area contributed by atoms with Crippen LogP contribution in [-0.2, 0) is 17.9 Å². The molecule has 0 atom stereocenters. The Labute approximate surface area is 97.2 Å². The van der Waals surface area contributed by atoms with Crippen LogP contribution in [0.3, 0.4) is 0 Å². The predicted octanol–water partition coefficient (Wildman–Crippen LogP) is 1.20. The van der Waals surface area contributed by atoms with Crippen LogP contribution in [0.15, 0.2) is 6.33 Å². The molecule has 1 rings (SSSR count). The minimum absolute atomic E-state index is 0.549. The Morgan fingerprint density at radius 2 is 2.19 bits per heavy atom. The van der Waals surface area contributed by atoms with E-state index in [0.29, 0.717) is 6.61 Å². The lowest BCUT2D eigenvalue weighted by Gasteiger charge is -2.06. The molecular formula is C11H22N4O. The number of aromatic nitrogens is 3. The standard InChI is InChI=1S/C11H22N4O/c1-3-5-12-6-8-16-9-11-13-10-14-15(11)7-4-2/h10,12H,3-9H2,1-2H3. The minimum atomic E-state index is 0.549. The van der Waals surface area contributed by atoms with Gasteiger partial charge in [0.05, 0.1) is 6.61 Å². The van der Waals surface area contributed by atoms with E-state index in [-0.39, 0.29) is 0 Å². The van der Waals surface area contributed by atoms with Crippen LogP contribution in [0.2, 0.25) is 0 Å². The molecule has 0 saturated carbocycles. The third kappa shape index (κ3) is 4.72. The van der Waals surface area contributed by atoms with E-state index < -0.39 is 0 Å². The molecule has 0 bridgehead atoms. The molecule has 1 N–H and O–H groups in total. The first kappa shape index (κ1) is 13.1. The maximum absolute atomic E-state index is 5.53. The summed E-state index contributed by atoms with van der Waals surface area (Å²) in [6.07, 6.45) is 3.81. The average molecular weight is 226 g/mol. The topological polar surface area (TPSA) is 52.0 Å². The fourth-order valence-electron chi connectivity index (χ4n) is 1.41. The Kier molecular flexibility index (Phi) is 6.76. The quantitative estimate of drug-likeness (QED) is 0.643. The Hall–Kier alpha value is -0.940. The molecule has 0 radical (unpaired) electrons. The van der Waals surface area contributed by atoms with Gasteiger partial charge in [0.2, 0.25) is 0 Å². The van der Waals surface area contributed by atoms with Crippen molar-refractivity contribution in [3.05, 3.63) is 12.2 Å². The van der Waals surface area contributed by atoms with E-state index in [0.717, 1.165) is 44.9 Å². The molecule has 1 aromatic heterocycles. The molecule has 0 aliphatic rings. The van der Waals surface area contributed by atoms with Gasteiger partial charge in [-0.3, -0.25) is 0 Å². The number of ether oxygens (including phenoxy) is 1. The first-order valence-corrected chi connectivity index (χ1v) is 6.03. The summed E-state index contributed by atoms with van der Waals surface area (Å²) in [5.41, 5.74) is 0. The van der Waals surface area contributed by atoms with Gasteiger partial charge in [0, 0.05) is 13.1 Å². The maximum atomic E-state index is 5.53. The maximum Gasteiger partial charge on any atom is 0.152 e. The van der Waals surface area contributed by atoms with Crippen molar-refractivity contribution < 1.29 is 4.74 Å². The van der Waals surface area contributed by atoms with E-state index in [2.05, 4.69) is 29.2 Å². The van der Waals surface area contributed by atoms with Crippen molar-refractivity contribution in [2.75, 3.05) is 19.7 Å². The van der Waals surface area contributed by atoms with Gasteiger partial charge in [-0.15, -0.1) is 0 Å². The van der Waals surface area contributed by atoms with Crippen LogP contribution in [0.25, 0.3) is 0 Å². The van der Waals surface area contributed by atoms with Gasteiger partial charge in [-0.2, -0.15) is 5.10 Å². The van der Waals surface area contributed by atoms with Gasteiger partial charge in [-0.1, -0.05) is 13.8 Å². The lowest BCUT2D eigenvalue weighted by atomic mass is 10.5. The summed E-state index contributed by atoms with van der Waals surface area (Å²) in [6.45, 7) is 8.41. The van der Waals surface area contributed by atoms with E-state index in [9.17, 15) is 0 Å². The zero-order valence-electron chi connectivity index (χ0n) is 10.3. The van der Waals surface area contributed by atoms with E-state index in [1.807, 2.05) is 4.68 Å². The fourth-order valence-corrected chi connectivity index (χ4v) is 1.41. The van der Waals surface area contributed by atoms with Crippen molar-refractivity contribution in [3.8, 4) is 0 Å². The van der Waals surface area contributed by atoms with E-state index in [4.69, 9.17) is 4.74 Å². The molecule has 0 aromatic carbocycles. The number of hydrogen-bond acceptors (Lipinski definition) is 4. The largest absolute Gasteiger partial charge is 0.372 e. The number of hydrogen-bond donors (Lipinski definition) is 1. The lowest BCUT2D eigenvalue weighted by Crippen LogP contribution is -2.20. The number of rotatable bonds is 9. The SMILES string of the molecule is CCCNCCOCc1ncnn1CCC. The van der Waals surface area contributed by atoms with Crippen LogP contribution >= 0.6 is 0 Å². The Morgan fingerprint density at radius 3 is 2.94 bits per heavy atom. The summed E-state index contributed by atoms with van der Waals surface area (Å²) in [5, 5.41) is 7.43. The first-order valence-electron chi connectivity index (χ1n) is 6.03. The molecule has 5 nitrogen and oxygen atoms in total. The van der Waals surface area contributed by atoms with Crippen LogP contribution in [-0.4, -0.2) is 34.5 Å². The molecule has 1 aromatic rings. The molecule has 0 aliphatic carbocycles. The second kappa shape index (κ2) is 8.24. The lowest BCUT2D eigenvalue weighted by molar-refractivity contribution is 0.114. The molecule has 0 saturated heterocycles. The van der Waals surface area contributed by atoms with Crippen molar-refractivity contribution in [3.63, 3.8) is 0 Å². The van der Waals surface area contributed by atoms with Gasteiger partial charge < -0.3 is 10.1 Å². The fraction of sp³-hybridized carbons (Fsp3) is 0.818. The van der Waals surface area contributed by atoms with Gasteiger partial charge in [-0.25, -0.2) is 9.67 Å². The highest BCUT2D eigenvalue weighted by atomic mass is 16.5. The minimum Gasteiger partial charge on any atom is -0.372 e. The summed E-state index contributed by atoms with van der Waals surface area (Å²) >= 11 is 0. The molecule has 92 valence electrons. The number of aryl methyl sites for hydroxylation is 1. The van der Waals surface area contributed by atoms with E-state index in [1.165, 1.54) is 0 Å². The molecule has 5 heteroatoms. The van der Waals surface area contributed by atoms with E-state index >= 15 is 0 Å². The normalized spacial score (nSPS) is 10.9. The molecule has 0 amide bonds. The Balaban J connectivity index is 2.13. The van der Waals surface area contributed by atoms with Crippen molar-refractivity contribution in [2.24, 2.45) is 0 Å². The first-order chi connectivity index (χ1) is 7.88. The molecule has 16 heavy (non-hydrogen) atoms. The van der Waals surface area contributed by atoms with Crippen molar-refractivity contribution in [2.45, 2.75) is 39.8 Å². The van der Waals surface area contributed by atoms with Crippen LogP contribution in [0, 0.1) is 0 Å². The van der Waals surface area contributed by atoms with Crippen LogP contribution in [0.4, 0.5) is 0 Å². The van der Waals surface area contributed by atoms with Gasteiger partial charge in [-0.05, 0) is 19.4 Å². The third-order valence-corrected chi connectivity index (χ3v) is 2.21. The highest BCUT2D eigenvalue weighted by Crippen LogP contribution is 1.97. The number of nitrogens with one attached hydrogen (secondary N) is 1. The van der Waals surface area contributed by atoms with Gasteiger partial charge in [0.15, 0.2) is 5.82 Å². The highest BCUT2D eigenvalue weighted by Gasteiger charge is 2.02. The molecule has 1 heterocycles. The summed E-state index contributed by atoms with van der Waals surface area (Å²) in [6, 6.07) is 0.